The van der Waals surface area contributed by atoms with E-state index in [0.29, 0.717) is 47.8 Å². The fraction of sp³-hybridized carbons (Fsp3) is 0.318. The average molecular weight is 507 g/mol. The van der Waals surface area contributed by atoms with Gasteiger partial charge >= 0.3 is 0 Å². The normalized spacial score (nSPS) is 10.3. The molecule has 0 fully saturated rings. The number of hydrogen-bond acceptors (Lipinski definition) is 5. The highest BCUT2D eigenvalue weighted by atomic mass is 35.5. The molecule has 0 aliphatic rings. The first-order valence-corrected chi connectivity index (χ1v) is 11.0. The maximum absolute atomic E-state index is 6.25. The molecule has 31 heavy (non-hydrogen) atoms. The van der Waals surface area contributed by atoms with Gasteiger partial charge in [0.2, 0.25) is 0 Å². The third-order valence-electron chi connectivity index (χ3n) is 3.66. The van der Waals surface area contributed by atoms with Crippen LogP contribution in [0.15, 0.2) is 52.1 Å². The number of halogens is 4. The van der Waals surface area contributed by atoms with Gasteiger partial charge in [-0.15, -0.1) is 0 Å². The quantitative estimate of drug-likeness (QED) is 0.170. The summed E-state index contributed by atoms with van der Waals surface area (Å²) in [7, 11) is 0. The summed E-state index contributed by atoms with van der Waals surface area (Å²) in [6.07, 6.45) is 2.16. The monoisotopic (exact) mass is 505 g/mol. The molecule has 9 heteroatoms. The third kappa shape index (κ3) is 9.92. The van der Waals surface area contributed by atoms with Crippen molar-refractivity contribution in [2.24, 2.45) is 5.16 Å². The molecule has 0 spiro atoms. The first-order valence-electron chi connectivity index (χ1n) is 9.46. The van der Waals surface area contributed by atoms with Gasteiger partial charge in [0, 0.05) is 18.6 Å². The molecule has 2 aromatic rings. The number of rotatable bonds is 12. The molecule has 5 nitrogen and oxygen atoms in total. The predicted octanol–water partition coefficient (Wildman–Crippen LogP) is 7.45. The van der Waals surface area contributed by atoms with Gasteiger partial charge in [-0.05, 0) is 37.6 Å². The second-order valence-electron chi connectivity index (χ2n) is 6.53. The van der Waals surface area contributed by atoms with Gasteiger partial charge in [-0.2, -0.15) is 0 Å². The van der Waals surface area contributed by atoms with E-state index in [4.69, 9.17) is 65.5 Å². The van der Waals surface area contributed by atoms with Crippen molar-refractivity contribution in [1.82, 2.24) is 0 Å². The lowest BCUT2D eigenvalue weighted by Gasteiger charge is -2.12. The molecule has 0 aliphatic carbocycles. The van der Waals surface area contributed by atoms with E-state index in [1.165, 1.54) is 6.08 Å². The molecule has 0 aromatic heterocycles. The molecule has 168 valence electrons. The third-order valence-corrected chi connectivity index (χ3v) is 4.54. The number of ether oxygens (including phenoxy) is 3. The fourth-order valence-corrected chi connectivity index (χ4v) is 3.00. The van der Waals surface area contributed by atoms with Gasteiger partial charge in [-0.25, -0.2) is 0 Å². The van der Waals surface area contributed by atoms with Crippen LogP contribution >= 0.6 is 46.4 Å². The summed E-state index contributed by atoms with van der Waals surface area (Å²) in [5.74, 6) is 1.65. The number of benzene rings is 2. The summed E-state index contributed by atoms with van der Waals surface area (Å²) < 4.78 is 17.0. The topological polar surface area (TPSA) is 49.3 Å². The van der Waals surface area contributed by atoms with Crippen LogP contribution in [0.1, 0.15) is 25.8 Å². The minimum Gasteiger partial charge on any atom is -0.493 e. The van der Waals surface area contributed by atoms with Crippen LogP contribution < -0.4 is 14.2 Å². The molecule has 0 amide bonds. The average Bonchev–Trinajstić information content (AvgIpc) is 2.70. The number of oxime groups is 1. The van der Waals surface area contributed by atoms with Crippen molar-refractivity contribution >= 4 is 52.1 Å². The van der Waals surface area contributed by atoms with Crippen LogP contribution in [0, 0.1) is 0 Å². The maximum Gasteiger partial charge on any atom is 0.156 e. The van der Waals surface area contributed by atoms with Crippen LogP contribution in [-0.2, 0) is 11.4 Å². The molecule has 0 radical (unpaired) electrons. The van der Waals surface area contributed by atoms with Gasteiger partial charge in [0.05, 0.1) is 29.0 Å². The van der Waals surface area contributed by atoms with Gasteiger partial charge in [-0.1, -0.05) is 63.7 Å². The van der Waals surface area contributed by atoms with E-state index in [1.54, 1.807) is 12.1 Å². The minimum atomic E-state index is 0.126. The van der Waals surface area contributed by atoms with Crippen LogP contribution in [0.25, 0.3) is 0 Å². The number of nitrogens with zero attached hydrogens (tertiary/aromatic N) is 1. The lowest BCUT2D eigenvalue weighted by Crippen LogP contribution is -2.06. The van der Waals surface area contributed by atoms with E-state index in [1.807, 2.05) is 38.1 Å². The summed E-state index contributed by atoms with van der Waals surface area (Å²) in [5.41, 5.74) is 1.89. The Hall–Kier alpha value is -1.79. The second kappa shape index (κ2) is 13.6. The van der Waals surface area contributed by atoms with Gasteiger partial charge in [0.1, 0.15) is 29.2 Å². The Morgan fingerprint density at radius 3 is 2.16 bits per heavy atom. The zero-order valence-electron chi connectivity index (χ0n) is 17.2. The first-order chi connectivity index (χ1) is 14.8. The summed E-state index contributed by atoms with van der Waals surface area (Å²) >= 11 is 23.6. The maximum atomic E-state index is 6.25. The van der Waals surface area contributed by atoms with E-state index in [2.05, 4.69) is 5.16 Å². The van der Waals surface area contributed by atoms with E-state index >= 15 is 0 Å². The Bertz CT molecular complexity index is 870. The summed E-state index contributed by atoms with van der Waals surface area (Å²) in [6, 6.07) is 10.9. The highest BCUT2D eigenvalue weighted by molar-refractivity contribution is 6.55. The highest BCUT2D eigenvalue weighted by Gasteiger charge is 2.10. The van der Waals surface area contributed by atoms with Crippen molar-refractivity contribution in [1.29, 1.82) is 0 Å². The molecular weight excluding hydrogens is 484 g/mol. The molecule has 0 saturated carbocycles. The van der Waals surface area contributed by atoms with Gasteiger partial charge in [0.15, 0.2) is 5.75 Å². The molecule has 0 saturated heterocycles. The standard InChI is InChI=1S/C22H23Cl4NO4/c1-15(2)27-31-14-16-4-6-17(7-5-16)28-9-3-10-30-22-19(23)12-18(13-20(22)24)29-11-8-21(25)26/h4-8,12-13H,3,9-11,14H2,1-2H3. The van der Waals surface area contributed by atoms with Crippen molar-refractivity contribution in [3.05, 3.63) is 62.6 Å². The van der Waals surface area contributed by atoms with Crippen molar-refractivity contribution in [2.75, 3.05) is 19.8 Å². The highest BCUT2D eigenvalue weighted by Crippen LogP contribution is 2.37. The Labute approximate surface area is 202 Å². The Balaban J connectivity index is 1.73. The van der Waals surface area contributed by atoms with Crippen LogP contribution in [0.4, 0.5) is 0 Å². The zero-order valence-corrected chi connectivity index (χ0v) is 20.2. The smallest absolute Gasteiger partial charge is 0.156 e. The lowest BCUT2D eigenvalue weighted by atomic mass is 10.2. The predicted molar refractivity (Wildman–Crippen MR) is 127 cm³/mol. The van der Waals surface area contributed by atoms with Crippen molar-refractivity contribution < 1.29 is 19.0 Å². The summed E-state index contributed by atoms with van der Waals surface area (Å²) in [4.78, 5) is 5.22. The lowest BCUT2D eigenvalue weighted by molar-refractivity contribution is 0.130. The van der Waals surface area contributed by atoms with E-state index in [0.717, 1.165) is 17.0 Å². The summed E-state index contributed by atoms with van der Waals surface area (Å²) in [5, 5.41) is 4.61. The Kier molecular flexibility index (Phi) is 11.2. The van der Waals surface area contributed by atoms with Crippen molar-refractivity contribution in [2.45, 2.75) is 26.9 Å². The molecule has 0 bridgehead atoms. The fourth-order valence-electron chi connectivity index (χ4n) is 2.30. The largest absolute Gasteiger partial charge is 0.493 e. The van der Waals surface area contributed by atoms with Crippen LogP contribution in [0.2, 0.25) is 10.0 Å². The summed E-state index contributed by atoms with van der Waals surface area (Å²) in [6.45, 7) is 5.26. The molecular formula is C22H23Cl4NO4. The molecule has 0 aliphatic heterocycles. The molecule has 2 rings (SSSR count). The molecule has 0 heterocycles. The van der Waals surface area contributed by atoms with Gasteiger partial charge in [-0.3, -0.25) is 0 Å². The van der Waals surface area contributed by atoms with E-state index < -0.39 is 0 Å². The Morgan fingerprint density at radius 1 is 0.903 bits per heavy atom. The molecule has 0 atom stereocenters. The Morgan fingerprint density at radius 2 is 1.55 bits per heavy atom. The van der Waals surface area contributed by atoms with Crippen molar-refractivity contribution in [3.8, 4) is 17.2 Å². The van der Waals surface area contributed by atoms with Crippen LogP contribution in [-0.4, -0.2) is 25.5 Å². The van der Waals surface area contributed by atoms with Crippen LogP contribution in [0.5, 0.6) is 17.2 Å². The van der Waals surface area contributed by atoms with E-state index in [9.17, 15) is 0 Å². The van der Waals surface area contributed by atoms with E-state index in [-0.39, 0.29) is 11.1 Å². The second-order valence-corrected chi connectivity index (χ2v) is 8.35. The molecule has 2 aromatic carbocycles. The molecule has 0 unspecified atom stereocenters. The van der Waals surface area contributed by atoms with Gasteiger partial charge in [0.25, 0.3) is 0 Å². The van der Waals surface area contributed by atoms with Crippen LogP contribution in [0.3, 0.4) is 0 Å². The first kappa shape index (κ1) is 25.5. The zero-order chi connectivity index (χ0) is 22.6. The minimum absolute atomic E-state index is 0.126. The SMILES string of the molecule is CC(C)=NOCc1ccc(OCCCOc2c(Cl)cc(OCC=C(Cl)Cl)cc2Cl)cc1. The number of hydrogen-bond donors (Lipinski definition) is 0. The van der Waals surface area contributed by atoms with Gasteiger partial charge < -0.3 is 19.0 Å². The molecule has 0 N–H and O–H groups in total. The van der Waals surface area contributed by atoms with Crippen molar-refractivity contribution in [3.63, 3.8) is 0 Å².